The lowest BCUT2D eigenvalue weighted by Crippen LogP contribution is -2.14. The molecule has 2 heterocycles. The molecule has 1 amide bonds. The second kappa shape index (κ2) is 9.27. The lowest BCUT2D eigenvalue weighted by molar-refractivity contribution is -0.115. The zero-order valence-corrected chi connectivity index (χ0v) is 17.4. The Bertz CT molecular complexity index is 1190. The summed E-state index contributed by atoms with van der Waals surface area (Å²) < 4.78 is 0. The molecular weight excluding hydrogens is 414 g/mol. The maximum Gasteiger partial charge on any atom is 0.228 e. The molecule has 0 aliphatic heterocycles. The van der Waals surface area contributed by atoms with Gasteiger partial charge in [-0.3, -0.25) is 14.9 Å². The number of nitrogens with one attached hydrogen (secondary N) is 4. The van der Waals surface area contributed by atoms with Crippen molar-refractivity contribution in [1.82, 2.24) is 20.2 Å². The Hall–Kier alpha value is -3.91. The molecule has 0 atom stereocenters. The zero-order valence-electron chi connectivity index (χ0n) is 16.7. The molecule has 0 saturated heterocycles. The van der Waals surface area contributed by atoms with Gasteiger partial charge in [-0.15, -0.1) is 0 Å². The average Bonchev–Trinajstić information content (AvgIpc) is 3.16. The summed E-state index contributed by atoms with van der Waals surface area (Å²) in [5, 5.41) is 16.6. The van der Waals surface area contributed by atoms with Crippen LogP contribution in [0.15, 0.2) is 67.0 Å². The number of anilines is 5. The molecule has 156 valence electrons. The Morgan fingerprint density at radius 3 is 2.52 bits per heavy atom. The Balaban J connectivity index is 1.44. The molecule has 4 N–H and O–H groups in total. The third-order valence-electron chi connectivity index (χ3n) is 4.32. The summed E-state index contributed by atoms with van der Waals surface area (Å²) >= 11 is 6.27. The Morgan fingerprint density at radius 2 is 1.77 bits per heavy atom. The van der Waals surface area contributed by atoms with E-state index in [1.165, 1.54) is 0 Å². The molecule has 0 radical (unpaired) electrons. The summed E-state index contributed by atoms with van der Waals surface area (Å²) in [6, 6.07) is 16.7. The molecule has 0 bridgehead atoms. The fraction of sp³-hybridized carbons (Fsp3) is 0.0909. The van der Waals surface area contributed by atoms with Gasteiger partial charge in [-0.2, -0.15) is 5.10 Å². The van der Waals surface area contributed by atoms with Crippen molar-refractivity contribution in [3.8, 4) is 0 Å². The number of benzene rings is 2. The first-order valence-electron chi connectivity index (χ1n) is 9.56. The third-order valence-corrected chi connectivity index (χ3v) is 4.65. The second-order valence-corrected chi connectivity index (χ2v) is 7.29. The number of hydrogen-bond donors (Lipinski definition) is 4. The minimum Gasteiger partial charge on any atom is -0.339 e. The number of H-pyrrole nitrogens is 1. The molecule has 0 aliphatic rings. The number of aromatic amines is 1. The van der Waals surface area contributed by atoms with Crippen LogP contribution >= 0.6 is 11.6 Å². The van der Waals surface area contributed by atoms with Gasteiger partial charge in [0, 0.05) is 17.4 Å². The van der Waals surface area contributed by atoms with Crippen molar-refractivity contribution >= 4 is 46.3 Å². The van der Waals surface area contributed by atoms with Crippen LogP contribution < -0.4 is 16.0 Å². The number of halogens is 1. The highest BCUT2D eigenvalue weighted by Crippen LogP contribution is 2.27. The van der Waals surface area contributed by atoms with Gasteiger partial charge in [-0.05, 0) is 30.7 Å². The van der Waals surface area contributed by atoms with Gasteiger partial charge >= 0.3 is 0 Å². The summed E-state index contributed by atoms with van der Waals surface area (Å²) in [7, 11) is 0. The van der Waals surface area contributed by atoms with Crippen molar-refractivity contribution in [3.63, 3.8) is 0 Å². The molecule has 4 aromatic rings. The second-order valence-electron chi connectivity index (χ2n) is 6.88. The molecule has 8 nitrogen and oxygen atoms in total. The van der Waals surface area contributed by atoms with Crippen LogP contribution in [0.25, 0.3) is 0 Å². The lowest BCUT2D eigenvalue weighted by Gasteiger charge is -2.11. The maximum absolute atomic E-state index is 12.4. The number of carbonyl (C=O) groups excluding carboxylic acids is 1. The van der Waals surface area contributed by atoms with Crippen LogP contribution in [-0.2, 0) is 11.2 Å². The van der Waals surface area contributed by atoms with Gasteiger partial charge in [0.15, 0.2) is 17.5 Å². The van der Waals surface area contributed by atoms with Gasteiger partial charge in [-0.25, -0.2) is 4.98 Å². The largest absolute Gasteiger partial charge is 0.339 e. The minimum absolute atomic E-state index is 0.148. The smallest absolute Gasteiger partial charge is 0.228 e. The third kappa shape index (κ3) is 5.58. The van der Waals surface area contributed by atoms with Crippen LogP contribution in [0.4, 0.5) is 28.8 Å². The topological polar surface area (TPSA) is 108 Å². The molecule has 9 heteroatoms. The van der Waals surface area contributed by atoms with E-state index in [1.807, 2.05) is 43.3 Å². The maximum atomic E-state index is 12.4. The van der Waals surface area contributed by atoms with Crippen molar-refractivity contribution in [3.05, 3.63) is 83.3 Å². The molecular formula is C22H20ClN7O. The van der Waals surface area contributed by atoms with Crippen molar-refractivity contribution < 1.29 is 4.79 Å². The van der Waals surface area contributed by atoms with E-state index in [0.717, 1.165) is 11.3 Å². The molecule has 0 saturated carbocycles. The van der Waals surface area contributed by atoms with E-state index < -0.39 is 0 Å². The molecule has 0 aliphatic carbocycles. The fourth-order valence-corrected chi connectivity index (χ4v) is 3.09. The van der Waals surface area contributed by atoms with E-state index in [1.54, 1.807) is 30.6 Å². The monoisotopic (exact) mass is 433 g/mol. The van der Waals surface area contributed by atoms with E-state index in [4.69, 9.17) is 11.6 Å². The van der Waals surface area contributed by atoms with Gasteiger partial charge in [0.1, 0.15) is 0 Å². The SMILES string of the molecule is Cc1cc(Nc2cncc(Nc3ccc(Cl)c(NC(=O)Cc4ccccc4)c3)n2)n[nH]1. The van der Waals surface area contributed by atoms with E-state index in [2.05, 4.69) is 36.1 Å². The first-order chi connectivity index (χ1) is 15.0. The summed E-state index contributed by atoms with van der Waals surface area (Å²) in [6.45, 7) is 1.92. The zero-order chi connectivity index (χ0) is 21.6. The summed E-state index contributed by atoms with van der Waals surface area (Å²) in [5.74, 6) is 1.58. The van der Waals surface area contributed by atoms with E-state index in [-0.39, 0.29) is 12.3 Å². The van der Waals surface area contributed by atoms with Crippen molar-refractivity contribution in [2.75, 3.05) is 16.0 Å². The predicted octanol–water partition coefficient (Wildman–Crippen LogP) is 4.83. The number of rotatable bonds is 7. The highest BCUT2D eigenvalue weighted by molar-refractivity contribution is 6.33. The summed E-state index contributed by atoms with van der Waals surface area (Å²) in [6.07, 6.45) is 3.47. The highest BCUT2D eigenvalue weighted by atomic mass is 35.5. The van der Waals surface area contributed by atoms with Gasteiger partial charge < -0.3 is 16.0 Å². The van der Waals surface area contributed by atoms with Crippen molar-refractivity contribution in [1.29, 1.82) is 0 Å². The van der Waals surface area contributed by atoms with Crippen LogP contribution in [0.3, 0.4) is 0 Å². The minimum atomic E-state index is -0.148. The van der Waals surface area contributed by atoms with Crippen LogP contribution in [0.1, 0.15) is 11.3 Å². The molecule has 4 rings (SSSR count). The normalized spacial score (nSPS) is 10.5. The Kier molecular flexibility index (Phi) is 6.09. The van der Waals surface area contributed by atoms with E-state index in [9.17, 15) is 4.79 Å². The predicted molar refractivity (Wildman–Crippen MR) is 122 cm³/mol. The van der Waals surface area contributed by atoms with Crippen molar-refractivity contribution in [2.45, 2.75) is 13.3 Å². The van der Waals surface area contributed by atoms with E-state index >= 15 is 0 Å². The molecule has 0 spiro atoms. The highest BCUT2D eigenvalue weighted by Gasteiger charge is 2.09. The lowest BCUT2D eigenvalue weighted by atomic mass is 10.1. The van der Waals surface area contributed by atoms with Crippen molar-refractivity contribution in [2.24, 2.45) is 0 Å². The summed E-state index contributed by atoms with van der Waals surface area (Å²) in [5.41, 5.74) is 3.09. The molecule has 2 aromatic carbocycles. The quantitative estimate of drug-likeness (QED) is 0.332. The molecule has 2 aromatic heterocycles. The van der Waals surface area contributed by atoms with Crippen LogP contribution in [0.5, 0.6) is 0 Å². The van der Waals surface area contributed by atoms with Gasteiger partial charge in [0.25, 0.3) is 0 Å². The standard InChI is InChI=1S/C22H20ClN7O/c1-14-9-19(30-29-14)27-21-13-24-12-20(28-21)25-16-7-8-17(23)18(11-16)26-22(31)10-15-5-3-2-4-6-15/h2-9,11-13H,10H2,1H3,(H,26,31)(H3,25,27,28,29,30). The van der Waals surface area contributed by atoms with Gasteiger partial charge in [0.05, 0.1) is 29.5 Å². The van der Waals surface area contributed by atoms with Gasteiger partial charge in [0.2, 0.25) is 5.91 Å². The number of carbonyl (C=O) groups is 1. The molecule has 0 fully saturated rings. The Labute approximate surface area is 184 Å². The summed E-state index contributed by atoms with van der Waals surface area (Å²) in [4.78, 5) is 21.1. The number of aryl methyl sites for hydroxylation is 1. The van der Waals surface area contributed by atoms with Crippen LogP contribution in [0.2, 0.25) is 5.02 Å². The number of nitrogens with zero attached hydrogens (tertiary/aromatic N) is 3. The number of amides is 1. The van der Waals surface area contributed by atoms with Crippen LogP contribution in [-0.4, -0.2) is 26.1 Å². The molecule has 31 heavy (non-hydrogen) atoms. The van der Waals surface area contributed by atoms with Crippen LogP contribution in [0, 0.1) is 6.92 Å². The molecule has 0 unspecified atom stereocenters. The van der Waals surface area contributed by atoms with E-state index in [0.29, 0.717) is 33.9 Å². The number of hydrogen-bond acceptors (Lipinski definition) is 6. The fourth-order valence-electron chi connectivity index (χ4n) is 2.92. The first kappa shape index (κ1) is 20.4. The number of aromatic nitrogens is 4. The average molecular weight is 434 g/mol. The Morgan fingerprint density at radius 1 is 1.00 bits per heavy atom. The first-order valence-corrected chi connectivity index (χ1v) is 9.94. The van der Waals surface area contributed by atoms with Gasteiger partial charge in [-0.1, -0.05) is 41.9 Å².